The summed E-state index contributed by atoms with van der Waals surface area (Å²) in [5.74, 6) is -11.3. The average Bonchev–Trinajstić information content (AvgIpc) is 0.803. The van der Waals surface area contributed by atoms with Crippen molar-refractivity contribution >= 4 is 76.9 Å². The van der Waals surface area contributed by atoms with Gasteiger partial charge in [0.05, 0.1) is 32.0 Å². The predicted molar refractivity (Wildman–Crippen MR) is 386 cm³/mol. The number of unbranched alkanes of at least 4 members (excludes halogenated alkanes) is 1. The number of ketones is 2. The number of carbonyl (C=O) groups excluding carboxylic acids is 13. The number of aliphatic hydroxyl groups excluding tert-OH is 1. The second kappa shape index (κ2) is 44.5. The van der Waals surface area contributed by atoms with E-state index in [1.807, 2.05) is 41.5 Å². The summed E-state index contributed by atoms with van der Waals surface area (Å²) in [6, 6.07) is -9.82. The number of rotatable bonds is 44. The quantitative estimate of drug-likeness (QED) is 0.0247. The number of likely N-dealkylation sites (N-methyl/N-ethyl adjacent to an activating group) is 7. The largest absolute Gasteiger partial charge is 0.468 e. The minimum absolute atomic E-state index is 0.0888. The summed E-state index contributed by atoms with van der Waals surface area (Å²) >= 11 is 0. The molecular formula is C74H131N9O18. The highest BCUT2D eigenvalue weighted by molar-refractivity contribution is 5.99. The van der Waals surface area contributed by atoms with Crippen molar-refractivity contribution in [2.45, 2.75) is 262 Å². The molecule has 101 heavy (non-hydrogen) atoms. The van der Waals surface area contributed by atoms with E-state index >= 15 is 14.4 Å². The van der Waals surface area contributed by atoms with Gasteiger partial charge in [-0.2, -0.15) is 0 Å². The second-order valence-electron chi connectivity index (χ2n) is 30.3. The number of allylic oxidation sites excluding steroid dienone is 2. The van der Waals surface area contributed by atoms with Crippen LogP contribution in [0, 0.1) is 47.3 Å². The molecule has 0 aromatic heterocycles. The van der Waals surface area contributed by atoms with Crippen LogP contribution >= 0.6 is 0 Å². The van der Waals surface area contributed by atoms with Gasteiger partial charge in [-0.1, -0.05) is 102 Å². The Labute approximate surface area is 603 Å². The van der Waals surface area contributed by atoms with Gasteiger partial charge < -0.3 is 64.1 Å². The first-order valence-corrected chi connectivity index (χ1v) is 35.9. The van der Waals surface area contributed by atoms with E-state index in [9.17, 15) is 53.1 Å². The van der Waals surface area contributed by atoms with Crippen molar-refractivity contribution in [2.24, 2.45) is 47.3 Å². The third-order valence-corrected chi connectivity index (χ3v) is 18.1. The number of Topliss-reactive ketones (excluding diaryl/α,β-unsaturated/α-hetero) is 2. The Kier molecular flexibility index (Phi) is 41.4. The number of amides is 9. The number of aliphatic hydroxyl groups is 1. The highest BCUT2D eigenvalue weighted by Crippen LogP contribution is 2.29. The van der Waals surface area contributed by atoms with Crippen LogP contribution in [0.4, 0.5) is 4.79 Å². The van der Waals surface area contributed by atoms with E-state index in [1.165, 1.54) is 102 Å². The summed E-state index contributed by atoms with van der Waals surface area (Å²) in [5, 5.41) is 17.4. The summed E-state index contributed by atoms with van der Waals surface area (Å²) in [6.07, 6.45) is 1.67. The smallest absolute Gasteiger partial charge is 0.410 e. The maximum absolute atomic E-state index is 15.2. The van der Waals surface area contributed by atoms with Gasteiger partial charge in [0.2, 0.25) is 47.3 Å². The van der Waals surface area contributed by atoms with Gasteiger partial charge in [0.1, 0.15) is 54.4 Å². The monoisotopic (exact) mass is 1430 g/mol. The molecule has 0 rings (SSSR count). The lowest BCUT2D eigenvalue weighted by Gasteiger charge is -2.41. The van der Waals surface area contributed by atoms with Crippen molar-refractivity contribution in [1.29, 1.82) is 0 Å². The SMILES string of the molecule is C/C=C/C[C@@H](C)[C@@H](O)[C@@H](C(=O)N[C@@H](CC)C(=O)N(C)CC(=O)OC)N(C)C(=O)[C@H](C(C)C)N(C)C(=O)[C@H](CC(C)C)N(C)C(=O)[C@H](CC(C)C)N(C)C(=O)[C@@H](C)NC(=O)[C@H](C)CC(=O)[C@H](CC(C)C)N(C)C(=O)[C@@H](CC(=O)[C@H]([C@H](C)OCCCCOC(C)=O)N(C)C(=O)OC(C)(C)C)C(C)C. The summed E-state index contributed by atoms with van der Waals surface area (Å²) in [4.78, 5) is 191. The van der Waals surface area contributed by atoms with Crippen LogP contribution < -0.4 is 10.6 Å². The summed E-state index contributed by atoms with van der Waals surface area (Å²) in [5.41, 5.74) is -0.898. The van der Waals surface area contributed by atoms with Crippen molar-refractivity contribution in [1.82, 2.24) is 44.9 Å². The van der Waals surface area contributed by atoms with Crippen LogP contribution in [0.15, 0.2) is 12.2 Å². The molecule has 0 bridgehead atoms. The summed E-state index contributed by atoms with van der Waals surface area (Å²) in [6.45, 7) is 34.3. The number of methoxy groups -OCH3 is 1. The number of esters is 2. The Hall–Kier alpha value is -7.03. The van der Waals surface area contributed by atoms with Crippen LogP contribution in [0.3, 0.4) is 0 Å². The fourth-order valence-electron chi connectivity index (χ4n) is 12.0. The van der Waals surface area contributed by atoms with Crippen LogP contribution in [0.25, 0.3) is 0 Å². The molecule has 27 heteroatoms. The Morgan fingerprint density at radius 3 is 1.49 bits per heavy atom. The standard InChI is InChI=1S/C74H131N9O18/c1-29-31-34-48(13)64(88)63(66(90)76-54(30-2)69(93)77(21)42-60(87)98-28)82(26)72(96)61(47(11)12)81(25)71(95)57(39-45(7)8)80(24)70(94)56(38-44(5)6)79(23)67(91)50(15)75-65(89)49(14)40-58(85)55(37-43(3)4)78(22)68(92)53(46(9)10)41-59(86)62(83(27)73(97)101-74(18,19)20)51(16)99-35-32-33-36-100-52(17)84/h29,31,43-51,53-57,61-64,88H,30,32-42H2,1-28H3,(H,75,89)(H,76,90)/b31-29+/t48-,49-,50-,51+,53+,54+,55+,56+,57+,61+,62+,63+,64-/m1/s1. The lowest BCUT2D eigenvalue weighted by Crippen LogP contribution is -2.63. The molecule has 0 aromatic carbocycles. The fraction of sp³-hybridized carbons (Fsp3) is 0.797. The van der Waals surface area contributed by atoms with Crippen LogP contribution in [-0.2, 0) is 76.5 Å². The van der Waals surface area contributed by atoms with E-state index in [2.05, 4.69) is 10.6 Å². The average molecular weight is 1430 g/mol. The number of hydrogen-bond acceptors (Lipinski definition) is 18. The van der Waals surface area contributed by atoms with E-state index in [0.29, 0.717) is 19.3 Å². The summed E-state index contributed by atoms with van der Waals surface area (Å²) in [7, 11) is 11.1. The molecule has 0 spiro atoms. The third-order valence-electron chi connectivity index (χ3n) is 18.1. The first kappa shape index (κ1) is 94.0. The zero-order valence-electron chi connectivity index (χ0n) is 66.6. The van der Waals surface area contributed by atoms with Crippen LogP contribution in [0.1, 0.15) is 196 Å². The Bertz CT molecular complexity index is 2770. The van der Waals surface area contributed by atoms with Gasteiger partial charge in [0, 0.05) is 87.5 Å². The minimum Gasteiger partial charge on any atom is -0.468 e. The Morgan fingerprint density at radius 1 is 0.535 bits per heavy atom. The fourth-order valence-corrected chi connectivity index (χ4v) is 12.0. The maximum Gasteiger partial charge on any atom is 0.410 e. The van der Waals surface area contributed by atoms with Crippen LogP contribution in [-0.4, -0.2) is 259 Å². The first-order chi connectivity index (χ1) is 46.6. The maximum atomic E-state index is 15.2. The predicted octanol–water partition coefficient (Wildman–Crippen LogP) is 6.72. The second-order valence-corrected chi connectivity index (χ2v) is 30.3. The van der Waals surface area contributed by atoms with Crippen LogP contribution in [0.2, 0.25) is 0 Å². The molecule has 0 aliphatic rings. The number of ether oxygens (including phenoxy) is 4. The van der Waals surface area contributed by atoms with Gasteiger partial charge in [-0.3, -0.25) is 62.4 Å². The lowest BCUT2D eigenvalue weighted by molar-refractivity contribution is -0.157. The topological polar surface area (TPSA) is 326 Å². The minimum atomic E-state index is -1.58. The van der Waals surface area contributed by atoms with Crippen molar-refractivity contribution in [3.8, 4) is 0 Å². The molecule has 13 atom stereocenters. The van der Waals surface area contributed by atoms with E-state index in [-0.39, 0.29) is 69.5 Å². The molecule has 0 aliphatic heterocycles. The van der Waals surface area contributed by atoms with Gasteiger partial charge >= 0.3 is 18.0 Å². The molecule has 9 amide bonds. The van der Waals surface area contributed by atoms with Gasteiger partial charge in [-0.15, -0.1) is 0 Å². The molecule has 0 aliphatic carbocycles. The number of nitrogens with zero attached hydrogens (tertiary/aromatic N) is 7. The Morgan fingerprint density at radius 2 is 1.02 bits per heavy atom. The van der Waals surface area contributed by atoms with Gasteiger partial charge in [0.15, 0.2) is 11.6 Å². The van der Waals surface area contributed by atoms with E-state index in [4.69, 9.17) is 18.9 Å². The van der Waals surface area contributed by atoms with E-state index in [0.717, 1.165) is 9.80 Å². The molecule has 0 heterocycles. The molecule has 580 valence electrons. The van der Waals surface area contributed by atoms with Crippen molar-refractivity contribution < 1.29 is 86.4 Å². The highest BCUT2D eigenvalue weighted by atomic mass is 16.6. The number of carbonyl (C=O) groups is 13. The van der Waals surface area contributed by atoms with Gasteiger partial charge in [0.25, 0.3) is 0 Å². The van der Waals surface area contributed by atoms with E-state index in [1.54, 1.807) is 88.3 Å². The highest BCUT2D eigenvalue weighted by Gasteiger charge is 2.46. The lowest BCUT2D eigenvalue weighted by atomic mass is 9.85. The molecule has 0 radical (unpaired) electrons. The summed E-state index contributed by atoms with van der Waals surface area (Å²) < 4.78 is 21.4. The molecule has 0 unspecified atom stereocenters. The molecular weight excluding hydrogens is 1300 g/mol. The molecule has 27 nitrogen and oxygen atoms in total. The number of hydrogen-bond donors (Lipinski definition) is 3. The van der Waals surface area contributed by atoms with Crippen LogP contribution in [0.5, 0.6) is 0 Å². The van der Waals surface area contributed by atoms with Crippen molar-refractivity contribution in [3.63, 3.8) is 0 Å². The molecule has 0 saturated heterocycles. The third kappa shape index (κ3) is 30.4. The van der Waals surface area contributed by atoms with Gasteiger partial charge in [-0.25, -0.2) is 4.79 Å². The first-order valence-electron chi connectivity index (χ1n) is 35.9. The van der Waals surface area contributed by atoms with Crippen molar-refractivity contribution in [3.05, 3.63) is 12.2 Å². The normalized spacial score (nSPS) is 15.7. The Balaban J connectivity index is 7.05. The van der Waals surface area contributed by atoms with Crippen molar-refractivity contribution in [2.75, 3.05) is 76.2 Å². The molecule has 3 N–H and O–H groups in total. The zero-order valence-corrected chi connectivity index (χ0v) is 66.6. The van der Waals surface area contributed by atoms with Gasteiger partial charge in [-0.05, 0) is 122 Å². The van der Waals surface area contributed by atoms with E-state index < -0.39 is 179 Å². The molecule has 0 saturated carbocycles. The number of nitrogens with one attached hydrogen (secondary N) is 2. The molecule has 0 fully saturated rings. The molecule has 0 aromatic rings. The zero-order chi connectivity index (χ0) is 78.6.